The molecule has 0 bridgehead atoms. The van der Waals surface area contributed by atoms with Gasteiger partial charge in [-0.1, -0.05) is 0 Å². The summed E-state index contributed by atoms with van der Waals surface area (Å²) in [5.74, 6) is 1.32. The summed E-state index contributed by atoms with van der Waals surface area (Å²) in [6, 6.07) is 3.91. The first-order valence-electron chi connectivity index (χ1n) is 7.88. The quantitative estimate of drug-likeness (QED) is 0.867. The summed E-state index contributed by atoms with van der Waals surface area (Å²) in [6.45, 7) is 4.79. The number of rotatable bonds is 5. The smallest absolute Gasteiger partial charge is 0.273 e. The van der Waals surface area contributed by atoms with Gasteiger partial charge in [0.1, 0.15) is 17.6 Å². The highest BCUT2D eigenvalue weighted by Gasteiger charge is 2.22. The van der Waals surface area contributed by atoms with Crippen LogP contribution in [0.15, 0.2) is 24.5 Å². The van der Waals surface area contributed by atoms with Crippen molar-refractivity contribution in [1.29, 1.82) is 0 Å². The third-order valence-corrected chi connectivity index (χ3v) is 3.76. The summed E-state index contributed by atoms with van der Waals surface area (Å²) in [7, 11) is 0. The molecular weight excluding hydrogens is 308 g/mol. The molecule has 7 heteroatoms. The van der Waals surface area contributed by atoms with Crippen LogP contribution in [0, 0.1) is 0 Å². The van der Waals surface area contributed by atoms with Gasteiger partial charge in [-0.15, -0.1) is 0 Å². The van der Waals surface area contributed by atoms with Crippen LogP contribution in [0.1, 0.15) is 35.5 Å². The summed E-state index contributed by atoms with van der Waals surface area (Å²) in [5, 5.41) is 2.80. The van der Waals surface area contributed by atoms with Crippen LogP contribution in [0.4, 0.5) is 5.82 Å². The highest BCUT2D eigenvalue weighted by molar-refractivity contribution is 5.96. The molecule has 1 aliphatic heterocycles. The fraction of sp³-hybridized carbons (Fsp3) is 0.353. The van der Waals surface area contributed by atoms with Crippen molar-refractivity contribution in [3.63, 3.8) is 0 Å². The first kappa shape index (κ1) is 16.0. The molecule has 3 rings (SSSR count). The molecule has 1 aromatic heterocycles. The summed E-state index contributed by atoms with van der Waals surface area (Å²) >= 11 is 0. The number of benzene rings is 1. The first-order chi connectivity index (χ1) is 11.6. The van der Waals surface area contributed by atoms with Crippen LogP contribution >= 0.6 is 0 Å². The Morgan fingerprint density at radius 1 is 1.42 bits per heavy atom. The molecule has 0 saturated carbocycles. The van der Waals surface area contributed by atoms with Crippen LogP contribution in [-0.4, -0.2) is 28.6 Å². The maximum atomic E-state index is 12.2. The molecule has 0 fully saturated rings. The molecule has 1 aromatic carbocycles. The number of carbonyl (C=O) groups is 1. The Morgan fingerprint density at radius 2 is 2.21 bits per heavy atom. The van der Waals surface area contributed by atoms with Crippen LogP contribution in [0.3, 0.4) is 0 Å². The van der Waals surface area contributed by atoms with Crippen molar-refractivity contribution in [2.45, 2.75) is 32.9 Å². The van der Waals surface area contributed by atoms with Crippen LogP contribution in [-0.2, 0) is 13.0 Å². The van der Waals surface area contributed by atoms with Gasteiger partial charge < -0.3 is 20.5 Å². The third kappa shape index (κ3) is 3.24. The zero-order valence-electron chi connectivity index (χ0n) is 13.7. The first-order valence-corrected chi connectivity index (χ1v) is 7.88. The number of aromatic nitrogens is 2. The van der Waals surface area contributed by atoms with Crippen molar-refractivity contribution in [2.24, 2.45) is 0 Å². The minimum absolute atomic E-state index is 0.103. The lowest BCUT2D eigenvalue weighted by atomic mass is 10.1. The second-order valence-electron chi connectivity index (χ2n) is 5.61. The normalized spacial score (nSPS) is 15.5. The van der Waals surface area contributed by atoms with E-state index in [0.717, 1.165) is 29.0 Å². The van der Waals surface area contributed by atoms with Gasteiger partial charge in [0.05, 0.1) is 6.61 Å². The van der Waals surface area contributed by atoms with E-state index in [4.69, 9.17) is 15.2 Å². The second-order valence-corrected chi connectivity index (χ2v) is 5.61. The third-order valence-electron chi connectivity index (χ3n) is 3.76. The van der Waals surface area contributed by atoms with Crippen LogP contribution in [0.5, 0.6) is 11.5 Å². The van der Waals surface area contributed by atoms with E-state index in [9.17, 15) is 4.79 Å². The maximum Gasteiger partial charge on any atom is 0.273 e. The lowest BCUT2D eigenvalue weighted by Crippen LogP contribution is -2.25. The summed E-state index contributed by atoms with van der Waals surface area (Å²) in [4.78, 5) is 20.1. The number of carbonyl (C=O) groups excluding carboxylic acids is 1. The number of nitrogens with zero attached hydrogens (tertiary/aromatic N) is 2. The topological polar surface area (TPSA) is 99.4 Å². The highest BCUT2D eigenvalue weighted by atomic mass is 16.5. The van der Waals surface area contributed by atoms with Gasteiger partial charge in [-0.05, 0) is 26.0 Å². The van der Waals surface area contributed by atoms with E-state index >= 15 is 0 Å². The van der Waals surface area contributed by atoms with Crippen LogP contribution < -0.4 is 20.5 Å². The number of anilines is 1. The monoisotopic (exact) mass is 328 g/mol. The van der Waals surface area contributed by atoms with Crippen molar-refractivity contribution >= 4 is 11.7 Å². The lowest BCUT2D eigenvalue weighted by molar-refractivity contribution is 0.0946. The van der Waals surface area contributed by atoms with Gasteiger partial charge >= 0.3 is 0 Å². The van der Waals surface area contributed by atoms with Crippen LogP contribution in [0.2, 0.25) is 0 Å². The van der Waals surface area contributed by atoms with E-state index in [1.165, 1.54) is 12.4 Å². The second kappa shape index (κ2) is 6.74. The average Bonchev–Trinajstić information content (AvgIpc) is 2.92. The van der Waals surface area contributed by atoms with Crippen molar-refractivity contribution in [1.82, 2.24) is 15.3 Å². The molecule has 1 atom stereocenters. The van der Waals surface area contributed by atoms with Gasteiger partial charge in [0.25, 0.3) is 5.91 Å². The zero-order valence-corrected chi connectivity index (χ0v) is 13.7. The minimum Gasteiger partial charge on any atom is -0.494 e. The standard InChI is InChI=1S/C17H20N4O3/c1-3-23-13-7-11-6-10(2)24-14(11)8-12(13)9-21-17(22)15-16(18)20-5-4-19-15/h4-5,7-8,10H,3,6,9H2,1-2H3,(H2,18,20)(H,21,22)/t10-/m1/s1. The van der Waals surface area contributed by atoms with Crippen molar-refractivity contribution in [2.75, 3.05) is 12.3 Å². The zero-order chi connectivity index (χ0) is 17.1. The Morgan fingerprint density at radius 3 is 2.96 bits per heavy atom. The highest BCUT2D eigenvalue weighted by Crippen LogP contribution is 2.35. The van der Waals surface area contributed by atoms with E-state index in [0.29, 0.717) is 6.61 Å². The fourth-order valence-electron chi connectivity index (χ4n) is 2.69. The number of hydrogen-bond donors (Lipinski definition) is 2. The van der Waals surface area contributed by atoms with Crippen molar-refractivity contribution in [3.05, 3.63) is 41.3 Å². The molecule has 0 radical (unpaired) electrons. The van der Waals surface area contributed by atoms with Gasteiger partial charge in [-0.3, -0.25) is 4.79 Å². The molecule has 126 valence electrons. The van der Waals surface area contributed by atoms with Gasteiger partial charge in [0.15, 0.2) is 11.5 Å². The molecule has 0 unspecified atom stereocenters. The van der Waals surface area contributed by atoms with Crippen molar-refractivity contribution in [3.8, 4) is 11.5 Å². The number of hydrogen-bond acceptors (Lipinski definition) is 6. The predicted octanol–water partition coefficient (Wildman–Crippen LogP) is 1.71. The lowest BCUT2D eigenvalue weighted by Gasteiger charge is -2.13. The Kier molecular flexibility index (Phi) is 4.50. The minimum atomic E-state index is -0.377. The molecule has 0 saturated heterocycles. The fourth-order valence-corrected chi connectivity index (χ4v) is 2.69. The largest absolute Gasteiger partial charge is 0.494 e. The number of nitrogens with one attached hydrogen (secondary N) is 1. The van der Waals surface area contributed by atoms with Gasteiger partial charge in [-0.2, -0.15) is 0 Å². The van der Waals surface area contributed by atoms with E-state index in [2.05, 4.69) is 15.3 Å². The number of amides is 1. The predicted molar refractivity (Wildman–Crippen MR) is 89.0 cm³/mol. The molecule has 0 spiro atoms. The van der Waals surface area contributed by atoms with E-state index in [-0.39, 0.29) is 30.1 Å². The number of nitrogen functional groups attached to an aromatic ring is 1. The number of ether oxygens (including phenoxy) is 2. The molecule has 7 nitrogen and oxygen atoms in total. The number of fused-ring (bicyclic) bond motifs is 1. The Balaban J connectivity index is 1.78. The van der Waals surface area contributed by atoms with Gasteiger partial charge in [0, 0.05) is 36.5 Å². The Labute approximate surface area is 140 Å². The number of nitrogens with two attached hydrogens (primary N) is 1. The SMILES string of the molecule is CCOc1cc2c(cc1CNC(=O)c1nccnc1N)O[C@H](C)C2. The van der Waals surface area contributed by atoms with E-state index < -0.39 is 0 Å². The Hall–Kier alpha value is -2.83. The van der Waals surface area contributed by atoms with Crippen molar-refractivity contribution < 1.29 is 14.3 Å². The maximum absolute atomic E-state index is 12.2. The van der Waals surface area contributed by atoms with Crippen LogP contribution in [0.25, 0.3) is 0 Å². The van der Waals surface area contributed by atoms with E-state index in [1.54, 1.807) is 0 Å². The van der Waals surface area contributed by atoms with E-state index in [1.807, 2.05) is 26.0 Å². The molecular formula is C17H20N4O3. The molecule has 1 aliphatic rings. The molecule has 0 aliphatic carbocycles. The van der Waals surface area contributed by atoms with Gasteiger partial charge in [0.2, 0.25) is 0 Å². The van der Waals surface area contributed by atoms with Gasteiger partial charge in [-0.25, -0.2) is 9.97 Å². The summed E-state index contributed by atoms with van der Waals surface area (Å²) in [6.07, 6.45) is 3.89. The summed E-state index contributed by atoms with van der Waals surface area (Å²) in [5.41, 5.74) is 7.76. The molecule has 3 N–H and O–H groups in total. The molecule has 2 aromatic rings. The molecule has 24 heavy (non-hydrogen) atoms. The Bertz CT molecular complexity index is 763. The summed E-state index contributed by atoms with van der Waals surface area (Å²) < 4.78 is 11.5. The average molecular weight is 328 g/mol. The molecule has 2 heterocycles. The molecule has 1 amide bonds.